The lowest BCUT2D eigenvalue weighted by Crippen LogP contribution is -2.28. The van der Waals surface area contributed by atoms with Gasteiger partial charge in [0.15, 0.2) is 0 Å². The summed E-state index contributed by atoms with van der Waals surface area (Å²) in [5, 5.41) is 5.88. The van der Waals surface area contributed by atoms with E-state index in [1.54, 1.807) is 7.11 Å². The monoisotopic (exact) mass is 582 g/mol. The second kappa shape index (κ2) is 18.3. The maximum Gasteiger partial charge on any atom is 0.302 e. The molecule has 9 heteroatoms. The molecule has 2 aromatic carbocycles. The lowest BCUT2D eigenvalue weighted by atomic mass is 9.95. The topological polar surface area (TPSA) is 112 Å². The predicted octanol–water partition coefficient (Wildman–Crippen LogP) is 4.40. The first kappa shape index (κ1) is 33.2. The molecule has 0 saturated heterocycles. The first-order valence-corrected chi connectivity index (χ1v) is 15.0. The average Bonchev–Trinajstić information content (AvgIpc) is 3.30. The molecule has 0 fully saturated rings. The second-order valence-electron chi connectivity index (χ2n) is 10.4. The van der Waals surface area contributed by atoms with E-state index in [9.17, 15) is 14.4 Å². The summed E-state index contributed by atoms with van der Waals surface area (Å²) in [6, 6.07) is 11.9. The molecule has 2 aromatic rings. The van der Waals surface area contributed by atoms with Crippen molar-refractivity contribution in [3.05, 3.63) is 58.7 Å². The number of esters is 1. The highest BCUT2D eigenvalue weighted by molar-refractivity contribution is 6.03. The lowest BCUT2D eigenvalue weighted by Gasteiger charge is -2.14. The number of amides is 2. The molecule has 1 aliphatic carbocycles. The fourth-order valence-electron chi connectivity index (χ4n) is 5.07. The van der Waals surface area contributed by atoms with E-state index in [2.05, 4.69) is 29.7 Å². The van der Waals surface area contributed by atoms with Crippen molar-refractivity contribution in [2.75, 3.05) is 59.8 Å². The predicted molar refractivity (Wildman–Crippen MR) is 162 cm³/mol. The summed E-state index contributed by atoms with van der Waals surface area (Å²) in [4.78, 5) is 37.2. The summed E-state index contributed by atoms with van der Waals surface area (Å²) in [5.41, 5.74) is 5.51. The van der Waals surface area contributed by atoms with Gasteiger partial charge in [-0.05, 0) is 59.6 Å². The highest BCUT2D eigenvalue weighted by Gasteiger charge is 2.33. The summed E-state index contributed by atoms with van der Waals surface area (Å²) in [7, 11) is 1.66. The molecular weight excluding hydrogens is 536 g/mol. The Morgan fingerprint density at radius 3 is 2.36 bits per heavy atom. The molecule has 1 atom stereocenters. The van der Waals surface area contributed by atoms with Crippen LogP contribution in [0.5, 0.6) is 0 Å². The number of unbranched alkanes of at least 4 members (excludes halogenated alkanes) is 1. The summed E-state index contributed by atoms with van der Waals surface area (Å²) < 4.78 is 21.5. The number of hydrogen-bond donors (Lipinski definition) is 2. The molecule has 0 saturated carbocycles. The number of carbonyl (C=O) groups excluding carboxylic acids is 3. The van der Waals surface area contributed by atoms with Gasteiger partial charge in [0.25, 0.3) is 5.91 Å². The zero-order chi connectivity index (χ0) is 30.2. The fraction of sp³-hybridized carbons (Fsp3) is 0.545. The van der Waals surface area contributed by atoms with Gasteiger partial charge in [-0.3, -0.25) is 14.4 Å². The van der Waals surface area contributed by atoms with E-state index in [0.717, 1.165) is 60.1 Å². The van der Waals surface area contributed by atoms with Crippen LogP contribution in [0.15, 0.2) is 36.4 Å². The van der Waals surface area contributed by atoms with E-state index in [0.29, 0.717) is 57.9 Å². The van der Waals surface area contributed by atoms with Crippen LogP contribution in [0.25, 0.3) is 11.1 Å². The number of hydrogen-bond acceptors (Lipinski definition) is 7. The standard InChI is InChI=1S/C33H46N2O7/c1-4-5-18-40-20-15-34-31(37)12-6-9-25-13-14-27-29(22-25)30(23-42-24(2)36)26-10-7-11-28(32(26)27)33(38)35-16-21-41-19-8-17-39-3/h7,10-11,13-14,22,30H,4-6,8-9,12,15-21,23H2,1-3H3,(H,34,37)(H,35,38). The zero-order valence-corrected chi connectivity index (χ0v) is 25.3. The molecule has 0 bridgehead atoms. The molecule has 9 nitrogen and oxygen atoms in total. The van der Waals surface area contributed by atoms with Crippen molar-refractivity contribution in [1.29, 1.82) is 0 Å². The summed E-state index contributed by atoms with van der Waals surface area (Å²) in [6.07, 6.45) is 4.81. The van der Waals surface area contributed by atoms with Crippen molar-refractivity contribution in [3.8, 4) is 11.1 Å². The van der Waals surface area contributed by atoms with Crippen molar-refractivity contribution < 1.29 is 33.3 Å². The molecule has 0 spiro atoms. The number of fused-ring (bicyclic) bond motifs is 3. The van der Waals surface area contributed by atoms with Crippen molar-refractivity contribution in [2.24, 2.45) is 0 Å². The minimum atomic E-state index is -0.345. The number of benzene rings is 2. The van der Waals surface area contributed by atoms with Gasteiger partial charge in [0.2, 0.25) is 5.91 Å². The van der Waals surface area contributed by atoms with Gasteiger partial charge in [-0.25, -0.2) is 0 Å². The maximum absolute atomic E-state index is 13.2. The normalized spacial score (nSPS) is 13.4. The Kier molecular flexibility index (Phi) is 14.5. The van der Waals surface area contributed by atoms with Gasteiger partial charge in [0.1, 0.15) is 6.61 Å². The Morgan fingerprint density at radius 2 is 1.62 bits per heavy atom. The van der Waals surface area contributed by atoms with Crippen LogP contribution in [0.1, 0.15) is 78.9 Å². The third-order valence-electron chi connectivity index (χ3n) is 7.18. The molecule has 3 rings (SSSR count). The van der Waals surface area contributed by atoms with Crippen molar-refractivity contribution in [3.63, 3.8) is 0 Å². The van der Waals surface area contributed by atoms with Crippen molar-refractivity contribution in [1.82, 2.24) is 10.6 Å². The van der Waals surface area contributed by atoms with E-state index in [4.69, 9.17) is 18.9 Å². The van der Waals surface area contributed by atoms with Crippen LogP contribution in [0, 0.1) is 0 Å². The van der Waals surface area contributed by atoms with E-state index >= 15 is 0 Å². The largest absolute Gasteiger partial charge is 0.465 e. The highest BCUT2D eigenvalue weighted by atomic mass is 16.5. The fourth-order valence-corrected chi connectivity index (χ4v) is 5.07. The van der Waals surface area contributed by atoms with E-state index in [1.807, 2.05) is 24.3 Å². The summed E-state index contributed by atoms with van der Waals surface area (Å²) in [5.74, 6) is -0.669. The van der Waals surface area contributed by atoms with Gasteiger partial charge in [-0.15, -0.1) is 0 Å². The molecule has 2 N–H and O–H groups in total. The molecule has 230 valence electrons. The number of nitrogens with one attached hydrogen (secondary N) is 2. The molecule has 1 unspecified atom stereocenters. The van der Waals surface area contributed by atoms with Crippen LogP contribution in [0.4, 0.5) is 0 Å². The van der Waals surface area contributed by atoms with Gasteiger partial charge in [-0.1, -0.05) is 43.7 Å². The first-order chi connectivity index (χ1) is 20.5. The SMILES string of the molecule is CCCCOCCNC(=O)CCCc1ccc2c(c1)C(COC(C)=O)c1cccc(C(=O)NCCOCCCOC)c1-2. The number of carbonyl (C=O) groups is 3. The molecule has 0 heterocycles. The van der Waals surface area contributed by atoms with E-state index in [1.165, 1.54) is 6.92 Å². The van der Waals surface area contributed by atoms with Crippen molar-refractivity contribution >= 4 is 17.8 Å². The van der Waals surface area contributed by atoms with Gasteiger partial charge >= 0.3 is 5.97 Å². The quantitative estimate of drug-likeness (QED) is 0.176. The Bertz CT molecular complexity index is 1170. The Hall–Kier alpha value is -3.27. The number of ether oxygens (including phenoxy) is 4. The highest BCUT2D eigenvalue weighted by Crippen LogP contribution is 2.47. The lowest BCUT2D eigenvalue weighted by molar-refractivity contribution is -0.141. The second-order valence-corrected chi connectivity index (χ2v) is 10.4. The third kappa shape index (κ3) is 10.2. The summed E-state index contributed by atoms with van der Waals surface area (Å²) in [6.45, 7) is 7.54. The van der Waals surface area contributed by atoms with Crippen LogP contribution in [0.3, 0.4) is 0 Å². The minimum Gasteiger partial charge on any atom is -0.465 e. The Labute approximate surface area is 249 Å². The van der Waals surface area contributed by atoms with Crippen molar-refractivity contribution in [2.45, 2.75) is 58.3 Å². The summed E-state index contributed by atoms with van der Waals surface area (Å²) >= 11 is 0. The third-order valence-corrected chi connectivity index (χ3v) is 7.18. The smallest absolute Gasteiger partial charge is 0.302 e. The van der Waals surface area contributed by atoms with Crippen LogP contribution >= 0.6 is 0 Å². The van der Waals surface area contributed by atoms with Crippen LogP contribution < -0.4 is 10.6 Å². The Morgan fingerprint density at radius 1 is 0.857 bits per heavy atom. The molecular formula is C33H46N2O7. The number of rotatable bonds is 20. The number of methoxy groups -OCH3 is 1. The van der Waals surface area contributed by atoms with E-state index in [-0.39, 0.29) is 30.3 Å². The molecule has 0 radical (unpaired) electrons. The van der Waals surface area contributed by atoms with Gasteiger partial charge in [0.05, 0.1) is 13.2 Å². The van der Waals surface area contributed by atoms with Gasteiger partial charge in [-0.2, -0.15) is 0 Å². The van der Waals surface area contributed by atoms with E-state index < -0.39 is 0 Å². The molecule has 2 amide bonds. The van der Waals surface area contributed by atoms with Gasteiger partial charge < -0.3 is 29.6 Å². The zero-order valence-electron chi connectivity index (χ0n) is 25.3. The number of aryl methyl sites for hydroxylation is 1. The maximum atomic E-state index is 13.2. The van der Waals surface area contributed by atoms with Crippen LogP contribution in [0.2, 0.25) is 0 Å². The van der Waals surface area contributed by atoms with Crippen LogP contribution in [-0.4, -0.2) is 77.6 Å². The average molecular weight is 583 g/mol. The molecule has 1 aliphatic rings. The van der Waals surface area contributed by atoms with Gasteiger partial charge in [0, 0.05) is 64.8 Å². The van der Waals surface area contributed by atoms with Crippen LogP contribution in [-0.2, 0) is 35.0 Å². The first-order valence-electron chi connectivity index (χ1n) is 15.0. The molecule has 0 aromatic heterocycles. The Balaban J connectivity index is 1.64. The molecule has 42 heavy (non-hydrogen) atoms. The molecule has 0 aliphatic heterocycles. The minimum absolute atomic E-state index is 0.0198.